The number of nitro groups is 1. The van der Waals surface area contributed by atoms with E-state index in [1.165, 1.54) is 15.2 Å². The minimum Gasteiger partial charge on any atom is -0.349 e. The van der Waals surface area contributed by atoms with Crippen LogP contribution in [-0.2, 0) is 39.3 Å². The zero-order valence-corrected chi connectivity index (χ0v) is 34.4. The fourth-order valence-corrected chi connectivity index (χ4v) is 7.07. The Kier molecular flexibility index (Phi) is 13.9. The third kappa shape index (κ3) is 9.44. The molecule has 1 N–H and O–H groups in total. The van der Waals surface area contributed by atoms with Gasteiger partial charge < -0.3 is 4.98 Å². The summed E-state index contributed by atoms with van der Waals surface area (Å²) in [4.78, 5) is 65.5. The zero-order chi connectivity index (χ0) is 42.8. The van der Waals surface area contributed by atoms with E-state index in [0.717, 1.165) is 39.8 Å². The molecular formula is C44H50N10O6. The van der Waals surface area contributed by atoms with Gasteiger partial charge in [0, 0.05) is 49.7 Å². The van der Waals surface area contributed by atoms with Crippen LogP contribution in [0.4, 0.5) is 5.69 Å². The monoisotopic (exact) mass is 814 g/mol. The summed E-state index contributed by atoms with van der Waals surface area (Å²) in [6, 6.07) is 21.8. The van der Waals surface area contributed by atoms with Crippen molar-refractivity contribution in [3.63, 3.8) is 0 Å². The molecule has 0 spiro atoms. The number of rotatable bonds is 16. The summed E-state index contributed by atoms with van der Waals surface area (Å²) in [6.07, 6.45) is 12.9. The summed E-state index contributed by atoms with van der Waals surface area (Å²) in [5.41, 5.74) is 3.27. The van der Waals surface area contributed by atoms with Gasteiger partial charge in [0.2, 0.25) is 0 Å². The molecule has 7 rings (SSSR count). The van der Waals surface area contributed by atoms with Crippen molar-refractivity contribution in [3.05, 3.63) is 166 Å². The first-order valence-corrected chi connectivity index (χ1v) is 20.3. The Morgan fingerprint density at radius 3 is 1.75 bits per heavy atom. The fourth-order valence-electron chi connectivity index (χ4n) is 7.07. The van der Waals surface area contributed by atoms with E-state index in [2.05, 4.69) is 27.3 Å². The molecule has 16 nitrogen and oxygen atoms in total. The van der Waals surface area contributed by atoms with E-state index in [1.54, 1.807) is 33.9 Å². The summed E-state index contributed by atoms with van der Waals surface area (Å²) < 4.78 is 8.90. The summed E-state index contributed by atoms with van der Waals surface area (Å²) in [6.45, 7) is 10.3. The molecule has 5 heterocycles. The highest BCUT2D eigenvalue weighted by atomic mass is 16.6. The number of aryl methyl sites for hydroxylation is 1. The molecule has 5 aromatic heterocycles. The highest BCUT2D eigenvalue weighted by Crippen LogP contribution is 2.22. The van der Waals surface area contributed by atoms with E-state index in [-0.39, 0.29) is 30.0 Å². The number of H-pyrrole nitrogens is 1. The molecule has 0 amide bonds. The first-order chi connectivity index (χ1) is 29.1. The lowest BCUT2D eigenvalue weighted by molar-refractivity contribution is -0.387. The van der Waals surface area contributed by atoms with Crippen LogP contribution in [0, 0.1) is 10.1 Å². The summed E-state index contributed by atoms with van der Waals surface area (Å²) in [5.74, 6) is 0. The molecule has 7 aromatic rings. The van der Waals surface area contributed by atoms with Crippen molar-refractivity contribution < 1.29 is 4.92 Å². The van der Waals surface area contributed by atoms with Crippen molar-refractivity contribution in [3.8, 4) is 11.3 Å². The predicted molar refractivity (Wildman–Crippen MR) is 233 cm³/mol. The average molecular weight is 815 g/mol. The number of hydrogen-bond donors (Lipinski definition) is 1. The molecule has 0 saturated heterocycles. The van der Waals surface area contributed by atoms with E-state index in [1.807, 2.05) is 93.2 Å². The Balaban J connectivity index is 0.000000202. The number of fused-ring (bicyclic) bond motifs is 1. The maximum atomic E-state index is 12.9. The molecule has 0 saturated carbocycles. The predicted octanol–water partition coefficient (Wildman–Crippen LogP) is 6.38. The van der Waals surface area contributed by atoms with Crippen molar-refractivity contribution >= 4 is 28.9 Å². The van der Waals surface area contributed by atoms with Crippen LogP contribution >= 0.6 is 0 Å². The molecule has 60 heavy (non-hydrogen) atoms. The zero-order valence-electron chi connectivity index (χ0n) is 34.4. The normalized spacial score (nSPS) is 11.3. The molecule has 0 aliphatic rings. The van der Waals surface area contributed by atoms with Gasteiger partial charge in [0.25, 0.3) is 5.56 Å². The van der Waals surface area contributed by atoms with Crippen molar-refractivity contribution in [2.24, 2.45) is 0 Å². The van der Waals surface area contributed by atoms with Gasteiger partial charge in [-0.05, 0) is 55.0 Å². The average Bonchev–Trinajstić information content (AvgIpc) is 4.02. The van der Waals surface area contributed by atoms with Crippen LogP contribution in [0.1, 0.15) is 75.8 Å². The van der Waals surface area contributed by atoms with Crippen LogP contribution in [0.25, 0.3) is 34.4 Å². The van der Waals surface area contributed by atoms with Crippen molar-refractivity contribution in [1.82, 2.24) is 42.8 Å². The van der Waals surface area contributed by atoms with Gasteiger partial charge in [0.05, 0.1) is 41.6 Å². The Bertz CT molecular complexity index is 2840. The second-order valence-corrected chi connectivity index (χ2v) is 14.4. The topological polar surface area (TPSA) is 183 Å². The van der Waals surface area contributed by atoms with Gasteiger partial charge in [-0.3, -0.25) is 47.3 Å². The smallest absolute Gasteiger partial charge is 0.349 e. The van der Waals surface area contributed by atoms with Gasteiger partial charge in [0.1, 0.15) is 11.2 Å². The van der Waals surface area contributed by atoms with Crippen LogP contribution in [0.15, 0.2) is 111 Å². The van der Waals surface area contributed by atoms with E-state index in [9.17, 15) is 29.3 Å². The quantitative estimate of drug-likeness (QED) is 0.0862. The second-order valence-electron chi connectivity index (χ2n) is 14.4. The Morgan fingerprint density at radius 2 is 1.17 bits per heavy atom. The van der Waals surface area contributed by atoms with E-state index in [4.69, 9.17) is 0 Å². The maximum Gasteiger partial charge on any atom is 0.357 e. The molecule has 0 aliphatic heterocycles. The first-order valence-electron chi connectivity index (χ1n) is 20.3. The molecule has 312 valence electrons. The van der Waals surface area contributed by atoms with E-state index < -0.39 is 21.9 Å². The van der Waals surface area contributed by atoms with Crippen LogP contribution in [0.3, 0.4) is 0 Å². The molecule has 0 bridgehead atoms. The number of nitrogens with zero attached hydrogens (tertiary/aromatic N) is 9. The van der Waals surface area contributed by atoms with Crippen LogP contribution < -0.4 is 22.5 Å². The third-order valence-corrected chi connectivity index (χ3v) is 9.83. The van der Waals surface area contributed by atoms with E-state index >= 15 is 0 Å². The fraction of sp³-hybridized carbons (Fsp3) is 0.318. The molecule has 16 heteroatoms. The minimum absolute atomic E-state index is 0.00464. The van der Waals surface area contributed by atoms with Crippen LogP contribution in [-0.4, -0.2) is 47.7 Å². The van der Waals surface area contributed by atoms with Crippen LogP contribution in [0.5, 0.6) is 0 Å². The molecule has 0 fully saturated rings. The summed E-state index contributed by atoms with van der Waals surface area (Å²) >= 11 is 0. The van der Waals surface area contributed by atoms with Gasteiger partial charge in [-0.25, -0.2) is 9.59 Å². The SMILES string of the molecule is CCCn1c(/C=C/c2cnn(Cc3ccccc3)c2)c([N+](=O)[O-])c(=O)n(CCC)c1=O.CCCn1c(=O)c2[nH]c(-c3cnn(Cc4ccccc4)c3)cc2n(CCC)c1=O. The minimum atomic E-state index is -0.872. The molecule has 0 atom stereocenters. The Hall–Kier alpha value is -7.10. The largest absolute Gasteiger partial charge is 0.357 e. The number of aromatic nitrogens is 9. The molecule has 0 radical (unpaired) electrons. The van der Waals surface area contributed by atoms with Crippen LogP contribution in [0.2, 0.25) is 0 Å². The molecule has 0 aliphatic carbocycles. The van der Waals surface area contributed by atoms with Gasteiger partial charge in [-0.1, -0.05) is 88.4 Å². The molecule has 0 unspecified atom stereocenters. The Labute approximate surface area is 345 Å². The standard InChI is InChI=1S/C22H25N5O4.C22H25N5O2/c1-3-12-25-19(20(27(30)31)21(28)26(13-4-2)22(25)29)11-10-18-14-23-24(16-18)15-17-8-6-5-7-9-17;1-3-10-26-19-12-18(24-20(19)21(28)27(11-4-2)22(26)29)17-13-23-25(15-17)14-16-8-6-5-7-9-16/h5-11,14,16H,3-4,12-13,15H2,1-2H3;5-9,12-13,15,24H,3-4,10-11,14H2,1-2H3/b11-10+;. The van der Waals surface area contributed by atoms with Gasteiger partial charge in [-0.2, -0.15) is 10.2 Å². The molecular weight excluding hydrogens is 765 g/mol. The highest BCUT2D eigenvalue weighted by molar-refractivity contribution is 5.82. The molecule has 2 aromatic carbocycles. The van der Waals surface area contributed by atoms with Gasteiger partial charge >= 0.3 is 22.6 Å². The van der Waals surface area contributed by atoms with Gasteiger partial charge in [0.15, 0.2) is 0 Å². The van der Waals surface area contributed by atoms with Crippen molar-refractivity contribution in [2.75, 3.05) is 0 Å². The summed E-state index contributed by atoms with van der Waals surface area (Å²) in [7, 11) is 0. The Morgan fingerprint density at radius 1 is 0.650 bits per heavy atom. The number of benzene rings is 2. The highest BCUT2D eigenvalue weighted by Gasteiger charge is 2.26. The third-order valence-electron chi connectivity index (χ3n) is 9.83. The number of aromatic amines is 1. The lowest BCUT2D eigenvalue weighted by Gasteiger charge is -2.12. The van der Waals surface area contributed by atoms with Crippen molar-refractivity contribution in [2.45, 2.75) is 92.6 Å². The summed E-state index contributed by atoms with van der Waals surface area (Å²) in [5, 5.41) is 20.5. The lowest BCUT2D eigenvalue weighted by atomic mass is 10.2. The lowest BCUT2D eigenvalue weighted by Crippen LogP contribution is -2.42. The van der Waals surface area contributed by atoms with Gasteiger partial charge in [-0.15, -0.1) is 0 Å². The maximum absolute atomic E-state index is 12.9. The number of hydrogen-bond acceptors (Lipinski definition) is 8. The number of nitrogens with one attached hydrogen (secondary N) is 1. The second kappa shape index (κ2) is 19.6. The first kappa shape index (κ1) is 42.5. The van der Waals surface area contributed by atoms with E-state index in [0.29, 0.717) is 55.6 Å². The van der Waals surface area contributed by atoms with Crippen molar-refractivity contribution in [1.29, 1.82) is 0 Å².